The summed E-state index contributed by atoms with van der Waals surface area (Å²) in [4.78, 5) is 13.1. The molecule has 0 atom stereocenters. The van der Waals surface area contributed by atoms with Gasteiger partial charge in [-0.2, -0.15) is 5.10 Å². The van der Waals surface area contributed by atoms with Crippen molar-refractivity contribution in [3.8, 4) is 5.75 Å². The van der Waals surface area contributed by atoms with E-state index in [1.807, 2.05) is 41.8 Å². The number of thiophene rings is 1. The Kier molecular flexibility index (Phi) is 5.08. The summed E-state index contributed by atoms with van der Waals surface area (Å²) in [6.45, 7) is 0.571. The number of methoxy groups -OCH3 is 1. The molecule has 0 saturated carbocycles. The Hall–Kier alpha value is -2.86. The van der Waals surface area contributed by atoms with E-state index >= 15 is 0 Å². The molecule has 3 aromatic rings. The predicted molar refractivity (Wildman–Crippen MR) is 96.3 cm³/mol. The first-order chi connectivity index (χ1) is 11.7. The summed E-state index contributed by atoms with van der Waals surface area (Å²) in [6.07, 6.45) is 4.99. The summed E-state index contributed by atoms with van der Waals surface area (Å²) in [5, 5.41) is 9.09. The minimum absolute atomic E-state index is 0.181. The molecule has 0 aliphatic carbocycles. The van der Waals surface area contributed by atoms with Crippen molar-refractivity contribution in [3.63, 3.8) is 0 Å². The molecule has 5 nitrogen and oxygen atoms in total. The average molecular weight is 339 g/mol. The summed E-state index contributed by atoms with van der Waals surface area (Å²) >= 11 is 1.59. The molecule has 1 N–H and O–H groups in total. The molecular weight excluding hydrogens is 322 g/mol. The van der Waals surface area contributed by atoms with Crippen molar-refractivity contribution >= 4 is 29.1 Å². The Balaban J connectivity index is 1.65. The molecule has 122 valence electrons. The molecule has 24 heavy (non-hydrogen) atoms. The molecule has 0 unspecified atom stereocenters. The van der Waals surface area contributed by atoms with Crippen molar-refractivity contribution in [2.75, 3.05) is 12.4 Å². The average Bonchev–Trinajstić information content (AvgIpc) is 3.26. The van der Waals surface area contributed by atoms with Crippen molar-refractivity contribution in [1.29, 1.82) is 0 Å². The van der Waals surface area contributed by atoms with Crippen LogP contribution in [-0.2, 0) is 11.3 Å². The van der Waals surface area contributed by atoms with Crippen LogP contribution in [0.3, 0.4) is 0 Å². The van der Waals surface area contributed by atoms with Gasteiger partial charge in [0.05, 0.1) is 19.9 Å². The molecule has 0 saturated heterocycles. The van der Waals surface area contributed by atoms with E-state index in [-0.39, 0.29) is 5.91 Å². The van der Waals surface area contributed by atoms with Gasteiger partial charge in [-0.05, 0) is 35.2 Å². The monoisotopic (exact) mass is 339 g/mol. The number of hydrogen-bond donors (Lipinski definition) is 1. The molecule has 0 aliphatic rings. The number of nitrogens with zero attached hydrogens (tertiary/aromatic N) is 2. The molecule has 3 rings (SSSR count). The van der Waals surface area contributed by atoms with E-state index < -0.39 is 0 Å². The van der Waals surface area contributed by atoms with Crippen LogP contribution in [0.2, 0.25) is 0 Å². The summed E-state index contributed by atoms with van der Waals surface area (Å²) in [6, 6.07) is 13.4. The van der Waals surface area contributed by atoms with Gasteiger partial charge in [0.2, 0.25) is 5.91 Å². The Bertz CT molecular complexity index is 820. The van der Waals surface area contributed by atoms with Gasteiger partial charge in [0, 0.05) is 17.0 Å². The Morgan fingerprint density at radius 3 is 2.83 bits per heavy atom. The molecular formula is C18H17N3O2S. The van der Waals surface area contributed by atoms with Crippen LogP contribution in [0.25, 0.3) is 6.08 Å². The maximum absolute atomic E-state index is 12.0. The molecule has 1 amide bonds. The lowest BCUT2D eigenvalue weighted by Crippen LogP contribution is -2.13. The molecule has 2 aromatic heterocycles. The fourth-order valence-electron chi connectivity index (χ4n) is 2.18. The second-order valence-electron chi connectivity index (χ2n) is 5.06. The van der Waals surface area contributed by atoms with Gasteiger partial charge in [0.25, 0.3) is 0 Å². The van der Waals surface area contributed by atoms with Gasteiger partial charge in [-0.1, -0.05) is 18.2 Å². The van der Waals surface area contributed by atoms with Gasteiger partial charge in [-0.3, -0.25) is 4.79 Å². The molecule has 0 aliphatic heterocycles. The van der Waals surface area contributed by atoms with E-state index in [2.05, 4.69) is 10.4 Å². The van der Waals surface area contributed by atoms with Crippen LogP contribution < -0.4 is 10.1 Å². The highest BCUT2D eigenvalue weighted by molar-refractivity contribution is 7.10. The summed E-state index contributed by atoms with van der Waals surface area (Å²) in [5.74, 6) is 1.29. The third kappa shape index (κ3) is 4.11. The third-order valence-electron chi connectivity index (χ3n) is 3.40. The van der Waals surface area contributed by atoms with Gasteiger partial charge in [-0.25, -0.2) is 4.68 Å². The lowest BCUT2D eigenvalue weighted by atomic mass is 10.2. The normalized spacial score (nSPS) is 10.9. The summed E-state index contributed by atoms with van der Waals surface area (Å²) < 4.78 is 6.90. The highest BCUT2D eigenvalue weighted by atomic mass is 32.1. The standard InChI is InChI=1S/C18H17N3O2S/c1-23-15-6-4-14(5-7-15)13-21-17(10-11-19-21)20-18(22)9-8-16-3-2-12-24-16/h2-12H,13H2,1H3,(H,20,22). The largest absolute Gasteiger partial charge is 0.497 e. The second kappa shape index (κ2) is 7.61. The zero-order valence-electron chi connectivity index (χ0n) is 13.2. The minimum atomic E-state index is -0.181. The quantitative estimate of drug-likeness (QED) is 0.697. The maximum Gasteiger partial charge on any atom is 0.249 e. The van der Waals surface area contributed by atoms with Crippen molar-refractivity contribution in [1.82, 2.24) is 9.78 Å². The van der Waals surface area contributed by atoms with E-state index in [1.54, 1.807) is 41.5 Å². The molecule has 0 spiro atoms. The number of aromatic nitrogens is 2. The van der Waals surface area contributed by atoms with Crippen LogP contribution in [0.15, 0.2) is 60.1 Å². The minimum Gasteiger partial charge on any atom is -0.497 e. The van der Waals surface area contributed by atoms with Crippen molar-refractivity contribution in [3.05, 3.63) is 70.6 Å². The number of anilines is 1. The number of hydrogen-bond acceptors (Lipinski definition) is 4. The fraction of sp³-hybridized carbons (Fsp3) is 0.111. The van der Waals surface area contributed by atoms with E-state index in [1.165, 1.54) is 6.08 Å². The molecule has 2 heterocycles. The van der Waals surface area contributed by atoms with Crippen molar-refractivity contribution < 1.29 is 9.53 Å². The Morgan fingerprint density at radius 2 is 2.12 bits per heavy atom. The number of ether oxygens (including phenoxy) is 1. The molecule has 1 aromatic carbocycles. The fourth-order valence-corrected chi connectivity index (χ4v) is 2.80. The van der Waals surface area contributed by atoms with Gasteiger partial charge in [0.1, 0.15) is 11.6 Å². The topological polar surface area (TPSA) is 56.1 Å². The smallest absolute Gasteiger partial charge is 0.249 e. The van der Waals surface area contributed by atoms with E-state index in [0.29, 0.717) is 12.4 Å². The number of amides is 1. The molecule has 0 bridgehead atoms. The van der Waals surface area contributed by atoms with Crippen molar-refractivity contribution in [2.24, 2.45) is 0 Å². The lowest BCUT2D eigenvalue weighted by Gasteiger charge is -2.08. The van der Waals surface area contributed by atoms with Gasteiger partial charge < -0.3 is 10.1 Å². The van der Waals surface area contributed by atoms with Crippen LogP contribution in [0.4, 0.5) is 5.82 Å². The lowest BCUT2D eigenvalue weighted by molar-refractivity contribution is -0.111. The SMILES string of the molecule is COc1ccc(Cn2nccc2NC(=O)C=Cc2cccs2)cc1. The predicted octanol–water partition coefficient (Wildman–Crippen LogP) is 3.65. The van der Waals surface area contributed by atoms with Crippen LogP contribution in [0, 0.1) is 0 Å². The first-order valence-electron chi connectivity index (χ1n) is 7.42. The molecule has 6 heteroatoms. The number of carbonyl (C=O) groups excluding carboxylic acids is 1. The zero-order valence-corrected chi connectivity index (χ0v) is 14.0. The first-order valence-corrected chi connectivity index (χ1v) is 8.30. The Labute approximate surface area is 144 Å². The highest BCUT2D eigenvalue weighted by Crippen LogP contribution is 2.15. The van der Waals surface area contributed by atoms with Gasteiger partial charge in [0.15, 0.2) is 0 Å². The van der Waals surface area contributed by atoms with Gasteiger partial charge in [-0.15, -0.1) is 11.3 Å². The number of nitrogens with one attached hydrogen (secondary N) is 1. The summed E-state index contributed by atoms with van der Waals surface area (Å²) in [5.41, 5.74) is 1.07. The first kappa shape index (κ1) is 16.0. The molecule has 0 radical (unpaired) electrons. The van der Waals surface area contributed by atoms with Crippen molar-refractivity contribution in [2.45, 2.75) is 6.54 Å². The van der Waals surface area contributed by atoms with Crippen LogP contribution in [-0.4, -0.2) is 22.8 Å². The zero-order chi connectivity index (χ0) is 16.8. The molecule has 0 fully saturated rings. The second-order valence-corrected chi connectivity index (χ2v) is 6.04. The van der Waals surface area contributed by atoms with E-state index in [4.69, 9.17) is 4.74 Å². The number of benzene rings is 1. The van der Waals surface area contributed by atoms with Gasteiger partial charge >= 0.3 is 0 Å². The van der Waals surface area contributed by atoms with E-state index in [0.717, 1.165) is 16.2 Å². The van der Waals surface area contributed by atoms with Crippen LogP contribution in [0.5, 0.6) is 5.75 Å². The highest BCUT2D eigenvalue weighted by Gasteiger charge is 2.06. The third-order valence-corrected chi connectivity index (χ3v) is 4.24. The van der Waals surface area contributed by atoms with E-state index in [9.17, 15) is 4.79 Å². The van der Waals surface area contributed by atoms with Crippen LogP contribution >= 0.6 is 11.3 Å². The maximum atomic E-state index is 12.0. The number of carbonyl (C=O) groups is 1. The Morgan fingerprint density at radius 1 is 1.29 bits per heavy atom. The summed E-state index contributed by atoms with van der Waals surface area (Å²) in [7, 11) is 1.64. The van der Waals surface area contributed by atoms with Crippen LogP contribution in [0.1, 0.15) is 10.4 Å². The number of rotatable bonds is 6.